The largest absolute Gasteiger partial charge is 0.494 e. The van der Waals surface area contributed by atoms with Crippen LogP contribution in [0.5, 0.6) is 5.75 Å². The summed E-state index contributed by atoms with van der Waals surface area (Å²) in [5.74, 6) is 1.61. The minimum atomic E-state index is 0.724. The van der Waals surface area contributed by atoms with E-state index in [1.54, 1.807) is 19.6 Å². The zero-order chi connectivity index (χ0) is 14.4. The molecule has 0 radical (unpaired) electrons. The predicted molar refractivity (Wildman–Crippen MR) is 80.0 cm³/mol. The molecule has 5 heteroatoms. The minimum absolute atomic E-state index is 0.724. The van der Waals surface area contributed by atoms with Gasteiger partial charge >= 0.3 is 0 Å². The number of methoxy groups -OCH3 is 1. The summed E-state index contributed by atoms with van der Waals surface area (Å²) in [6, 6.07) is 3.74. The van der Waals surface area contributed by atoms with E-state index in [2.05, 4.69) is 34.1 Å². The van der Waals surface area contributed by atoms with Crippen LogP contribution in [0.25, 0.3) is 11.4 Å². The van der Waals surface area contributed by atoms with Crippen molar-refractivity contribution in [2.45, 2.75) is 26.7 Å². The van der Waals surface area contributed by atoms with E-state index >= 15 is 0 Å². The molecule has 2 aromatic rings. The number of aromatic nitrogens is 3. The first-order valence-corrected chi connectivity index (χ1v) is 6.88. The predicted octanol–water partition coefficient (Wildman–Crippen LogP) is 2.93. The van der Waals surface area contributed by atoms with Crippen molar-refractivity contribution in [2.24, 2.45) is 0 Å². The normalized spacial score (nSPS) is 10.3. The molecule has 0 bridgehead atoms. The molecule has 5 nitrogen and oxygen atoms in total. The molecule has 0 aliphatic carbocycles. The fourth-order valence-electron chi connectivity index (χ4n) is 2.08. The lowest BCUT2D eigenvalue weighted by molar-refractivity contribution is 0.414. The van der Waals surface area contributed by atoms with Gasteiger partial charge in [0.05, 0.1) is 7.11 Å². The highest BCUT2D eigenvalue weighted by Crippen LogP contribution is 2.30. The lowest BCUT2D eigenvalue weighted by Crippen LogP contribution is -2.08. The van der Waals surface area contributed by atoms with Crippen LogP contribution in [0.4, 0.5) is 5.82 Å². The van der Waals surface area contributed by atoms with Crippen LogP contribution in [0.2, 0.25) is 0 Å². The highest BCUT2D eigenvalue weighted by molar-refractivity contribution is 5.70. The topological polar surface area (TPSA) is 59.9 Å². The van der Waals surface area contributed by atoms with Crippen molar-refractivity contribution in [1.29, 1.82) is 0 Å². The summed E-state index contributed by atoms with van der Waals surface area (Å²) in [6.07, 6.45) is 5.20. The van der Waals surface area contributed by atoms with E-state index in [1.807, 2.05) is 12.1 Å². The highest BCUT2D eigenvalue weighted by Gasteiger charge is 2.15. The van der Waals surface area contributed by atoms with Gasteiger partial charge in [0.15, 0.2) is 0 Å². The van der Waals surface area contributed by atoms with Crippen molar-refractivity contribution in [2.75, 3.05) is 19.0 Å². The van der Waals surface area contributed by atoms with Crippen molar-refractivity contribution in [3.63, 3.8) is 0 Å². The Kier molecular flexibility index (Phi) is 4.87. The minimum Gasteiger partial charge on any atom is -0.494 e. The third-order valence-electron chi connectivity index (χ3n) is 3.06. The van der Waals surface area contributed by atoms with E-state index in [9.17, 15) is 0 Å². The van der Waals surface area contributed by atoms with Gasteiger partial charge in [-0.2, -0.15) is 0 Å². The second kappa shape index (κ2) is 6.84. The second-order valence-corrected chi connectivity index (χ2v) is 4.38. The number of rotatable bonds is 6. The molecule has 0 saturated heterocycles. The van der Waals surface area contributed by atoms with Gasteiger partial charge in [-0.25, -0.2) is 9.97 Å². The molecule has 0 fully saturated rings. The number of anilines is 1. The first-order chi connectivity index (χ1) is 9.81. The Balaban J connectivity index is 2.50. The summed E-state index contributed by atoms with van der Waals surface area (Å²) in [7, 11) is 1.64. The maximum Gasteiger partial charge on any atom is 0.146 e. The molecule has 0 unspecified atom stereocenters. The quantitative estimate of drug-likeness (QED) is 0.876. The number of nitrogens with one attached hydrogen (secondary N) is 1. The fraction of sp³-hybridized carbons (Fsp3) is 0.400. The first-order valence-electron chi connectivity index (χ1n) is 6.88. The monoisotopic (exact) mass is 272 g/mol. The number of hydrogen-bond donors (Lipinski definition) is 1. The lowest BCUT2D eigenvalue weighted by Gasteiger charge is -2.14. The molecule has 0 spiro atoms. The molecular weight excluding hydrogens is 252 g/mol. The number of nitrogens with zero attached hydrogens (tertiary/aromatic N) is 3. The van der Waals surface area contributed by atoms with Gasteiger partial charge in [0, 0.05) is 18.3 Å². The number of pyridine rings is 1. The zero-order valence-electron chi connectivity index (χ0n) is 12.2. The van der Waals surface area contributed by atoms with Gasteiger partial charge in [0.2, 0.25) is 0 Å². The fourth-order valence-corrected chi connectivity index (χ4v) is 2.08. The van der Waals surface area contributed by atoms with Crippen molar-refractivity contribution < 1.29 is 4.74 Å². The van der Waals surface area contributed by atoms with Crippen LogP contribution in [-0.2, 0) is 6.42 Å². The average molecular weight is 272 g/mol. The molecule has 0 aliphatic rings. The van der Waals surface area contributed by atoms with E-state index in [0.717, 1.165) is 47.9 Å². The van der Waals surface area contributed by atoms with Crippen molar-refractivity contribution >= 4 is 5.82 Å². The molecular formula is C15H20N4O. The summed E-state index contributed by atoms with van der Waals surface area (Å²) < 4.78 is 5.38. The molecule has 106 valence electrons. The van der Waals surface area contributed by atoms with Gasteiger partial charge in [-0.1, -0.05) is 13.8 Å². The van der Waals surface area contributed by atoms with Crippen molar-refractivity contribution in [1.82, 2.24) is 15.0 Å². The summed E-state index contributed by atoms with van der Waals surface area (Å²) in [6.45, 7) is 5.11. The number of hydrogen-bond acceptors (Lipinski definition) is 5. The van der Waals surface area contributed by atoms with Crippen LogP contribution in [0.3, 0.4) is 0 Å². The standard InChI is InChI=1S/C15H20N4O/c1-4-8-17-15-11(5-2)13(18-10-19-15)14-12(20-3)7-6-9-16-14/h6-7,9-10H,4-5,8H2,1-3H3,(H,17,18,19). The molecule has 0 atom stereocenters. The van der Waals surface area contributed by atoms with Crippen LogP contribution >= 0.6 is 0 Å². The Morgan fingerprint density at radius 2 is 2.00 bits per heavy atom. The van der Waals surface area contributed by atoms with E-state index in [1.165, 1.54) is 0 Å². The van der Waals surface area contributed by atoms with Crippen LogP contribution in [-0.4, -0.2) is 28.6 Å². The molecule has 2 aromatic heterocycles. The second-order valence-electron chi connectivity index (χ2n) is 4.38. The van der Waals surface area contributed by atoms with Crippen LogP contribution in [0.1, 0.15) is 25.8 Å². The third kappa shape index (κ3) is 2.87. The Bertz CT molecular complexity index is 572. The van der Waals surface area contributed by atoms with E-state index < -0.39 is 0 Å². The Labute approximate surface area is 119 Å². The van der Waals surface area contributed by atoms with Gasteiger partial charge in [-0.15, -0.1) is 0 Å². The maximum atomic E-state index is 5.38. The van der Waals surface area contributed by atoms with Crippen molar-refractivity contribution in [3.05, 3.63) is 30.2 Å². The number of ether oxygens (including phenoxy) is 1. The molecule has 0 amide bonds. The van der Waals surface area contributed by atoms with E-state index in [-0.39, 0.29) is 0 Å². The van der Waals surface area contributed by atoms with Gasteiger partial charge < -0.3 is 10.1 Å². The SMILES string of the molecule is CCCNc1ncnc(-c2ncccc2OC)c1CC. The molecule has 0 saturated carbocycles. The van der Waals surface area contributed by atoms with Crippen LogP contribution in [0, 0.1) is 0 Å². The summed E-state index contributed by atoms with van der Waals surface area (Å²) in [4.78, 5) is 13.1. The van der Waals surface area contributed by atoms with Gasteiger partial charge in [0.1, 0.15) is 29.3 Å². The molecule has 20 heavy (non-hydrogen) atoms. The van der Waals surface area contributed by atoms with Crippen LogP contribution in [0.15, 0.2) is 24.7 Å². The molecule has 0 aliphatic heterocycles. The van der Waals surface area contributed by atoms with E-state index in [0.29, 0.717) is 0 Å². The summed E-state index contributed by atoms with van der Waals surface area (Å²) >= 11 is 0. The van der Waals surface area contributed by atoms with Gasteiger partial charge in [-0.05, 0) is 25.0 Å². The Morgan fingerprint density at radius 1 is 1.15 bits per heavy atom. The molecule has 1 N–H and O–H groups in total. The van der Waals surface area contributed by atoms with Crippen LogP contribution < -0.4 is 10.1 Å². The van der Waals surface area contributed by atoms with Crippen molar-refractivity contribution in [3.8, 4) is 17.1 Å². The first kappa shape index (κ1) is 14.2. The Morgan fingerprint density at radius 3 is 2.70 bits per heavy atom. The average Bonchev–Trinajstić information content (AvgIpc) is 2.52. The maximum absolute atomic E-state index is 5.38. The highest BCUT2D eigenvalue weighted by atomic mass is 16.5. The zero-order valence-corrected chi connectivity index (χ0v) is 12.2. The lowest BCUT2D eigenvalue weighted by atomic mass is 10.1. The smallest absolute Gasteiger partial charge is 0.146 e. The third-order valence-corrected chi connectivity index (χ3v) is 3.06. The molecule has 2 rings (SSSR count). The van der Waals surface area contributed by atoms with Gasteiger partial charge in [-0.3, -0.25) is 4.98 Å². The molecule has 0 aromatic carbocycles. The Hall–Kier alpha value is -2.17. The van der Waals surface area contributed by atoms with E-state index in [4.69, 9.17) is 4.74 Å². The summed E-state index contributed by atoms with van der Waals surface area (Å²) in [5.41, 5.74) is 2.66. The summed E-state index contributed by atoms with van der Waals surface area (Å²) in [5, 5.41) is 3.34. The molecule has 2 heterocycles. The van der Waals surface area contributed by atoms with Gasteiger partial charge in [0.25, 0.3) is 0 Å².